The second kappa shape index (κ2) is 8.32. The fraction of sp³-hybridized carbons (Fsp3) is 0.250. The van der Waals surface area contributed by atoms with E-state index in [0.29, 0.717) is 5.70 Å². The summed E-state index contributed by atoms with van der Waals surface area (Å²) in [7, 11) is 0. The van der Waals surface area contributed by atoms with Crippen LogP contribution < -0.4 is 5.48 Å². The molecule has 1 aromatic rings. The number of hydroxylamine groups is 1. The first-order valence-corrected chi connectivity index (χ1v) is 6.39. The van der Waals surface area contributed by atoms with Gasteiger partial charge in [0, 0.05) is 6.42 Å². The summed E-state index contributed by atoms with van der Waals surface area (Å²) in [5.74, 6) is 0. The molecule has 20 heavy (non-hydrogen) atoms. The Balaban J connectivity index is 2.59. The number of aliphatic hydroxyl groups excluding tert-OH is 1. The van der Waals surface area contributed by atoms with Crippen LogP contribution in [-0.2, 0) is 12.8 Å². The molecule has 108 valence electrons. The number of nitrogens with one attached hydrogen (secondary N) is 1. The summed E-state index contributed by atoms with van der Waals surface area (Å²) in [4.78, 5) is 0. The molecule has 0 aliphatic carbocycles. The third-order valence-electron chi connectivity index (χ3n) is 2.86. The third-order valence-corrected chi connectivity index (χ3v) is 2.86. The number of allylic oxidation sites excluding steroid dienone is 4. The van der Waals surface area contributed by atoms with Gasteiger partial charge in [0.05, 0.1) is 5.70 Å². The highest BCUT2D eigenvalue weighted by molar-refractivity contribution is 5.29. The topological polar surface area (TPSA) is 72.7 Å². The zero-order chi connectivity index (χ0) is 15.0. The molecule has 0 aliphatic rings. The summed E-state index contributed by atoms with van der Waals surface area (Å²) < 4.78 is 0. The van der Waals surface area contributed by atoms with Crippen LogP contribution in [0.2, 0.25) is 0 Å². The molecule has 0 heterocycles. The Morgan fingerprint density at radius 1 is 1.35 bits per heavy atom. The molecule has 0 radical (unpaired) electrons. The van der Waals surface area contributed by atoms with E-state index in [0.717, 1.165) is 23.1 Å². The van der Waals surface area contributed by atoms with Gasteiger partial charge in [0.25, 0.3) is 0 Å². The molecule has 0 saturated heterocycles. The standard InChI is InChI=1S/C16H21NO3/c1-12(13(2)17-20)6-3-4-7-14-8-5-9-15(10-14)11-16(18)19/h3-6,8-10,16-20H,2,7,11H2,1H3/b4-3-,12-6-. The minimum absolute atomic E-state index is 0.235. The Bertz CT molecular complexity index is 504. The quantitative estimate of drug-likeness (QED) is 0.349. The maximum Gasteiger partial charge on any atom is 0.155 e. The van der Waals surface area contributed by atoms with Gasteiger partial charge in [0.2, 0.25) is 0 Å². The van der Waals surface area contributed by atoms with E-state index in [9.17, 15) is 0 Å². The fourth-order valence-corrected chi connectivity index (χ4v) is 1.70. The molecule has 1 aromatic carbocycles. The van der Waals surface area contributed by atoms with Crippen molar-refractivity contribution in [3.8, 4) is 0 Å². The first kappa shape index (κ1) is 16.2. The van der Waals surface area contributed by atoms with Crippen LogP contribution in [-0.4, -0.2) is 21.7 Å². The molecule has 0 unspecified atom stereocenters. The molecule has 0 atom stereocenters. The molecular formula is C16H21NO3. The van der Waals surface area contributed by atoms with Gasteiger partial charge in [-0.05, 0) is 30.0 Å². The molecule has 4 N–H and O–H groups in total. The van der Waals surface area contributed by atoms with E-state index < -0.39 is 6.29 Å². The van der Waals surface area contributed by atoms with E-state index in [4.69, 9.17) is 15.4 Å². The lowest BCUT2D eigenvalue weighted by molar-refractivity contribution is -0.0381. The summed E-state index contributed by atoms with van der Waals surface area (Å²) in [5.41, 5.74) is 5.32. The van der Waals surface area contributed by atoms with Crippen LogP contribution in [0.1, 0.15) is 18.1 Å². The maximum atomic E-state index is 8.95. The number of hydrogen-bond donors (Lipinski definition) is 4. The van der Waals surface area contributed by atoms with Crippen molar-refractivity contribution in [1.29, 1.82) is 0 Å². The van der Waals surface area contributed by atoms with Gasteiger partial charge in [-0.3, -0.25) is 10.7 Å². The van der Waals surface area contributed by atoms with E-state index in [1.165, 1.54) is 0 Å². The summed E-state index contributed by atoms with van der Waals surface area (Å²) in [6.07, 6.45) is 5.40. The predicted octanol–water partition coefficient (Wildman–Crippen LogP) is 2.08. The highest BCUT2D eigenvalue weighted by atomic mass is 16.5. The molecule has 4 heteroatoms. The molecule has 0 saturated carbocycles. The molecule has 1 rings (SSSR count). The third kappa shape index (κ3) is 5.84. The average Bonchev–Trinajstić information content (AvgIpc) is 2.42. The Morgan fingerprint density at radius 2 is 2.05 bits per heavy atom. The van der Waals surface area contributed by atoms with Crippen LogP contribution in [0, 0.1) is 0 Å². The smallest absolute Gasteiger partial charge is 0.155 e. The summed E-state index contributed by atoms with van der Waals surface area (Å²) in [6.45, 7) is 5.48. The monoisotopic (exact) mass is 275 g/mol. The first-order valence-electron chi connectivity index (χ1n) is 6.39. The van der Waals surface area contributed by atoms with Gasteiger partial charge in [0.1, 0.15) is 0 Å². The first-order chi connectivity index (χ1) is 9.52. The zero-order valence-electron chi connectivity index (χ0n) is 11.6. The number of aliphatic hydroxyl groups is 2. The molecule has 0 fully saturated rings. The van der Waals surface area contributed by atoms with E-state index >= 15 is 0 Å². The minimum Gasteiger partial charge on any atom is -0.368 e. The van der Waals surface area contributed by atoms with Crippen LogP contribution >= 0.6 is 0 Å². The lowest BCUT2D eigenvalue weighted by atomic mass is 10.1. The highest BCUT2D eigenvalue weighted by Crippen LogP contribution is 2.09. The Morgan fingerprint density at radius 3 is 2.70 bits per heavy atom. The molecule has 0 spiro atoms. The summed E-state index contributed by atoms with van der Waals surface area (Å²) in [5, 5.41) is 26.6. The van der Waals surface area contributed by atoms with Gasteiger partial charge >= 0.3 is 0 Å². The largest absolute Gasteiger partial charge is 0.368 e. The van der Waals surface area contributed by atoms with Crippen LogP contribution in [0.3, 0.4) is 0 Å². The van der Waals surface area contributed by atoms with Gasteiger partial charge in [-0.1, -0.05) is 49.1 Å². The van der Waals surface area contributed by atoms with E-state index in [1.54, 1.807) is 0 Å². The lowest BCUT2D eigenvalue weighted by Gasteiger charge is -2.05. The second-order valence-corrected chi connectivity index (χ2v) is 4.58. The predicted molar refractivity (Wildman–Crippen MR) is 79.0 cm³/mol. The van der Waals surface area contributed by atoms with E-state index in [2.05, 4.69) is 6.58 Å². The lowest BCUT2D eigenvalue weighted by Crippen LogP contribution is -2.08. The molecular weight excluding hydrogens is 254 g/mol. The van der Waals surface area contributed by atoms with Crippen molar-refractivity contribution in [2.45, 2.75) is 26.1 Å². The van der Waals surface area contributed by atoms with E-state index in [1.807, 2.05) is 54.9 Å². The maximum absolute atomic E-state index is 8.95. The van der Waals surface area contributed by atoms with Crippen molar-refractivity contribution in [2.75, 3.05) is 0 Å². The molecule has 0 bridgehead atoms. The average molecular weight is 275 g/mol. The van der Waals surface area contributed by atoms with Crippen molar-refractivity contribution in [1.82, 2.24) is 5.48 Å². The molecule has 0 amide bonds. The normalized spacial score (nSPS) is 12.2. The SMILES string of the molecule is C=C(NO)/C(C)=C\C=C/Cc1cccc(CC(O)O)c1. The number of rotatable bonds is 7. The molecule has 4 nitrogen and oxygen atoms in total. The molecule has 0 aliphatic heterocycles. The van der Waals surface area contributed by atoms with Crippen molar-refractivity contribution < 1.29 is 15.4 Å². The van der Waals surface area contributed by atoms with Gasteiger partial charge in [-0.25, -0.2) is 0 Å². The van der Waals surface area contributed by atoms with Gasteiger partial charge in [-0.2, -0.15) is 0 Å². The Labute approximate surface area is 119 Å². The fourth-order valence-electron chi connectivity index (χ4n) is 1.70. The Kier molecular flexibility index (Phi) is 6.73. The van der Waals surface area contributed by atoms with Gasteiger partial charge in [-0.15, -0.1) is 0 Å². The van der Waals surface area contributed by atoms with Crippen LogP contribution in [0.15, 0.2) is 60.3 Å². The number of hydrogen-bond acceptors (Lipinski definition) is 4. The van der Waals surface area contributed by atoms with Crippen molar-refractivity contribution in [3.63, 3.8) is 0 Å². The van der Waals surface area contributed by atoms with Gasteiger partial charge in [0.15, 0.2) is 6.29 Å². The summed E-state index contributed by atoms with van der Waals surface area (Å²) in [6, 6.07) is 7.71. The van der Waals surface area contributed by atoms with Gasteiger partial charge < -0.3 is 10.2 Å². The minimum atomic E-state index is -1.32. The van der Waals surface area contributed by atoms with E-state index in [-0.39, 0.29) is 6.42 Å². The van der Waals surface area contributed by atoms with Crippen LogP contribution in [0.5, 0.6) is 0 Å². The Hall–Kier alpha value is -1.88. The number of benzene rings is 1. The van der Waals surface area contributed by atoms with Crippen LogP contribution in [0.25, 0.3) is 0 Å². The van der Waals surface area contributed by atoms with Crippen LogP contribution in [0.4, 0.5) is 0 Å². The van der Waals surface area contributed by atoms with Crippen molar-refractivity contribution in [2.24, 2.45) is 0 Å². The zero-order valence-corrected chi connectivity index (χ0v) is 11.6. The summed E-state index contributed by atoms with van der Waals surface area (Å²) >= 11 is 0. The van der Waals surface area contributed by atoms with Crippen molar-refractivity contribution >= 4 is 0 Å². The van der Waals surface area contributed by atoms with Crippen molar-refractivity contribution in [3.05, 3.63) is 71.5 Å². The molecule has 0 aromatic heterocycles. The second-order valence-electron chi connectivity index (χ2n) is 4.58. The highest BCUT2D eigenvalue weighted by Gasteiger charge is 2.00.